The van der Waals surface area contributed by atoms with Gasteiger partial charge in [-0.15, -0.1) is 0 Å². The van der Waals surface area contributed by atoms with Gasteiger partial charge in [0.25, 0.3) is 5.91 Å². The number of nitrogens with one attached hydrogen (secondary N) is 1. The fourth-order valence-electron chi connectivity index (χ4n) is 6.17. The van der Waals surface area contributed by atoms with Crippen LogP contribution in [0, 0.1) is 29.5 Å². The Labute approximate surface area is 167 Å². The van der Waals surface area contributed by atoms with E-state index in [9.17, 15) is 9.18 Å². The molecule has 1 aromatic carbocycles. The summed E-state index contributed by atoms with van der Waals surface area (Å²) in [6.45, 7) is 5.05. The van der Waals surface area contributed by atoms with Gasteiger partial charge in [-0.1, -0.05) is 26.2 Å². The monoisotopic (exact) mass is 388 g/mol. The van der Waals surface area contributed by atoms with Crippen molar-refractivity contribution in [1.82, 2.24) is 10.4 Å². The summed E-state index contributed by atoms with van der Waals surface area (Å²) in [5.74, 6) is 2.36. The lowest BCUT2D eigenvalue weighted by molar-refractivity contribution is 0.0705. The molecular formula is C23H33FN2O2. The number of benzene rings is 1. The largest absolute Gasteiger partial charge is 0.298 e. The Bertz CT molecular complexity index is 707. The van der Waals surface area contributed by atoms with Gasteiger partial charge in [0.15, 0.2) is 0 Å². The van der Waals surface area contributed by atoms with E-state index in [-0.39, 0.29) is 11.4 Å². The molecule has 5 rings (SSSR count). The highest BCUT2D eigenvalue weighted by Crippen LogP contribution is 2.41. The van der Waals surface area contributed by atoms with Crippen LogP contribution in [-0.2, 0) is 13.0 Å². The molecule has 1 aliphatic heterocycles. The smallest absolute Gasteiger partial charge is 0.274 e. The predicted octanol–water partition coefficient (Wildman–Crippen LogP) is 4.55. The summed E-state index contributed by atoms with van der Waals surface area (Å²) in [6, 6.07) is 2.97. The normalized spacial score (nSPS) is 30.8. The summed E-state index contributed by atoms with van der Waals surface area (Å²) in [7, 11) is 0. The zero-order chi connectivity index (χ0) is 19.7. The average Bonchev–Trinajstić information content (AvgIpc) is 2.63. The van der Waals surface area contributed by atoms with Crippen molar-refractivity contribution in [1.29, 1.82) is 0 Å². The maximum Gasteiger partial charge on any atom is 0.274 e. The van der Waals surface area contributed by atoms with Gasteiger partial charge in [0, 0.05) is 30.8 Å². The van der Waals surface area contributed by atoms with Crippen LogP contribution < -0.4 is 5.48 Å². The van der Waals surface area contributed by atoms with Crippen molar-refractivity contribution < 1.29 is 14.4 Å². The summed E-state index contributed by atoms with van der Waals surface area (Å²) in [6.07, 6.45) is 10.4. The first-order valence-corrected chi connectivity index (χ1v) is 11.0. The SMILES string of the molecule is CC1CC2CCCC(C1)CC(CN1CCc3cc(C(=O)NO)cc(F)c3C1)C2. The number of fused-ring (bicyclic) bond motifs is 7. The number of halogens is 1. The predicted molar refractivity (Wildman–Crippen MR) is 107 cm³/mol. The molecule has 0 saturated heterocycles. The van der Waals surface area contributed by atoms with Crippen molar-refractivity contribution in [3.8, 4) is 0 Å². The molecule has 2 bridgehead atoms. The summed E-state index contributed by atoms with van der Waals surface area (Å²) in [4.78, 5) is 14.0. The van der Waals surface area contributed by atoms with Gasteiger partial charge in [0.05, 0.1) is 0 Å². The molecule has 2 N–H and O–H groups in total. The minimum Gasteiger partial charge on any atom is -0.298 e. The Morgan fingerprint density at radius 3 is 2.61 bits per heavy atom. The van der Waals surface area contributed by atoms with Crippen LogP contribution in [-0.4, -0.2) is 29.1 Å². The molecule has 2 unspecified atom stereocenters. The first-order valence-electron chi connectivity index (χ1n) is 11.0. The van der Waals surface area contributed by atoms with Crippen LogP contribution in [0.3, 0.4) is 0 Å². The Kier molecular flexibility index (Phi) is 6.02. The summed E-state index contributed by atoms with van der Waals surface area (Å²) >= 11 is 0. The van der Waals surface area contributed by atoms with E-state index < -0.39 is 5.91 Å². The molecule has 4 aliphatic rings. The van der Waals surface area contributed by atoms with Gasteiger partial charge in [-0.3, -0.25) is 14.9 Å². The molecule has 1 aromatic rings. The zero-order valence-corrected chi connectivity index (χ0v) is 16.9. The van der Waals surface area contributed by atoms with Gasteiger partial charge in [0.1, 0.15) is 5.82 Å². The van der Waals surface area contributed by atoms with Gasteiger partial charge in [-0.05, 0) is 73.5 Å². The maximum atomic E-state index is 14.6. The van der Waals surface area contributed by atoms with Crippen molar-refractivity contribution in [2.45, 2.75) is 64.8 Å². The number of hydrogen-bond donors (Lipinski definition) is 2. The highest BCUT2D eigenvalue weighted by atomic mass is 19.1. The number of carbonyl (C=O) groups is 1. The lowest BCUT2D eigenvalue weighted by Crippen LogP contribution is -2.37. The van der Waals surface area contributed by atoms with Gasteiger partial charge in [0.2, 0.25) is 0 Å². The number of nitrogens with zero attached hydrogens (tertiary/aromatic N) is 1. The Balaban J connectivity index is 1.44. The second kappa shape index (κ2) is 8.50. The molecular weight excluding hydrogens is 355 g/mol. The van der Waals surface area contributed by atoms with E-state index in [2.05, 4.69) is 11.8 Å². The third-order valence-electron chi connectivity index (χ3n) is 7.28. The average molecular weight is 389 g/mol. The highest BCUT2D eigenvalue weighted by molar-refractivity contribution is 5.93. The van der Waals surface area contributed by atoms with Gasteiger partial charge >= 0.3 is 0 Å². The van der Waals surface area contributed by atoms with Crippen LogP contribution >= 0.6 is 0 Å². The van der Waals surface area contributed by atoms with E-state index in [1.165, 1.54) is 51.0 Å². The molecule has 3 saturated carbocycles. The zero-order valence-electron chi connectivity index (χ0n) is 16.9. The number of amides is 1. The molecule has 2 atom stereocenters. The van der Waals surface area contributed by atoms with E-state index in [1.807, 2.05) is 0 Å². The van der Waals surface area contributed by atoms with Crippen LogP contribution in [0.2, 0.25) is 0 Å². The fourth-order valence-corrected chi connectivity index (χ4v) is 6.17. The first-order chi connectivity index (χ1) is 13.5. The molecule has 28 heavy (non-hydrogen) atoms. The fraction of sp³-hybridized carbons (Fsp3) is 0.696. The van der Waals surface area contributed by atoms with Crippen LogP contribution in [0.4, 0.5) is 4.39 Å². The topological polar surface area (TPSA) is 52.6 Å². The molecule has 1 amide bonds. The second-order valence-corrected chi connectivity index (χ2v) is 9.60. The molecule has 1 heterocycles. The van der Waals surface area contributed by atoms with Crippen LogP contribution in [0.25, 0.3) is 0 Å². The lowest BCUT2D eigenvalue weighted by atomic mass is 9.70. The van der Waals surface area contributed by atoms with Gasteiger partial charge in [-0.25, -0.2) is 9.87 Å². The minimum absolute atomic E-state index is 0.189. The number of carbonyl (C=O) groups excluding carboxylic acids is 1. The van der Waals surface area contributed by atoms with Crippen molar-refractivity contribution >= 4 is 5.91 Å². The standard InChI is InChI=1S/C23H33FN2O2/c1-15-7-16-3-2-4-17(8-15)10-18(9-16)13-26-6-5-19-11-20(23(27)25-28)12-22(24)21(19)14-26/h11-12,15-18,28H,2-10,13-14H2,1H3,(H,25,27). The Hall–Kier alpha value is -1.46. The van der Waals surface area contributed by atoms with E-state index in [1.54, 1.807) is 11.5 Å². The van der Waals surface area contributed by atoms with Crippen molar-refractivity contribution in [3.05, 3.63) is 34.6 Å². The number of hydrogen-bond acceptors (Lipinski definition) is 3. The maximum absolute atomic E-state index is 14.6. The van der Waals surface area contributed by atoms with Crippen molar-refractivity contribution in [2.75, 3.05) is 13.1 Å². The van der Waals surface area contributed by atoms with E-state index in [0.717, 1.165) is 54.3 Å². The molecule has 154 valence electrons. The summed E-state index contributed by atoms with van der Waals surface area (Å²) in [5, 5.41) is 8.80. The van der Waals surface area contributed by atoms with Crippen LogP contribution in [0.5, 0.6) is 0 Å². The number of rotatable bonds is 3. The molecule has 0 radical (unpaired) electrons. The lowest BCUT2D eigenvalue weighted by Gasteiger charge is -2.39. The Morgan fingerprint density at radius 2 is 1.93 bits per heavy atom. The quantitative estimate of drug-likeness (QED) is 0.590. The number of hydroxylamine groups is 1. The third-order valence-corrected chi connectivity index (χ3v) is 7.28. The molecule has 5 heteroatoms. The molecule has 0 spiro atoms. The molecule has 3 fully saturated rings. The van der Waals surface area contributed by atoms with Gasteiger partial charge < -0.3 is 0 Å². The van der Waals surface area contributed by atoms with Crippen LogP contribution in [0.1, 0.15) is 73.4 Å². The molecule has 0 aromatic heterocycles. The van der Waals surface area contributed by atoms with Crippen LogP contribution in [0.15, 0.2) is 12.1 Å². The first kappa shape index (κ1) is 19.8. The van der Waals surface area contributed by atoms with Crippen molar-refractivity contribution in [3.63, 3.8) is 0 Å². The Morgan fingerprint density at radius 1 is 1.21 bits per heavy atom. The third kappa shape index (κ3) is 4.41. The van der Waals surface area contributed by atoms with Crippen molar-refractivity contribution in [2.24, 2.45) is 23.7 Å². The summed E-state index contributed by atoms with van der Waals surface area (Å²) < 4.78 is 14.6. The van der Waals surface area contributed by atoms with E-state index >= 15 is 0 Å². The minimum atomic E-state index is -0.653. The summed E-state index contributed by atoms with van der Waals surface area (Å²) in [5.41, 5.74) is 3.41. The highest BCUT2D eigenvalue weighted by Gasteiger charge is 2.31. The van der Waals surface area contributed by atoms with E-state index in [4.69, 9.17) is 5.21 Å². The molecule has 3 aliphatic carbocycles. The van der Waals surface area contributed by atoms with Gasteiger partial charge in [-0.2, -0.15) is 0 Å². The molecule has 4 nitrogen and oxygen atoms in total. The van der Waals surface area contributed by atoms with E-state index in [0.29, 0.717) is 6.54 Å². The second-order valence-electron chi connectivity index (χ2n) is 9.60.